The van der Waals surface area contributed by atoms with E-state index in [0.29, 0.717) is 23.0 Å². The van der Waals surface area contributed by atoms with Crippen LogP contribution >= 0.6 is 35.0 Å². The SMILES string of the molecule is CC(C)c1nccc2c1c(Sc1ccc(Cl)c(Cl)c1)c1n2CCC1C(=O)O. The van der Waals surface area contributed by atoms with Crippen LogP contribution in [0, 0.1) is 0 Å². The molecule has 0 fully saturated rings. The summed E-state index contributed by atoms with van der Waals surface area (Å²) in [6.07, 6.45) is 2.42. The number of pyridine rings is 1. The van der Waals surface area contributed by atoms with Gasteiger partial charge in [-0.2, -0.15) is 0 Å². The maximum absolute atomic E-state index is 11.9. The molecule has 4 nitrogen and oxygen atoms in total. The molecule has 0 spiro atoms. The Morgan fingerprint density at radius 3 is 2.74 bits per heavy atom. The zero-order chi connectivity index (χ0) is 19.3. The molecule has 1 aliphatic heterocycles. The number of aliphatic carboxylic acids is 1. The Bertz CT molecular complexity index is 1060. The molecule has 140 valence electrons. The van der Waals surface area contributed by atoms with Gasteiger partial charge in [-0.3, -0.25) is 9.78 Å². The number of hydrogen-bond acceptors (Lipinski definition) is 3. The van der Waals surface area contributed by atoms with Crippen LogP contribution in [0.15, 0.2) is 40.3 Å². The predicted octanol–water partition coefficient (Wildman–Crippen LogP) is 6.19. The molecule has 3 aromatic rings. The molecule has 0 amide bonds. The summed E-state index contributed by atoms with van der Waals surface area (Å²) in [5, 5.41) is 11.8. The number of carboxylic acid groups (broad SMARTS) is 1. The number of halogens is 2. The van der Waals surface area contributed by atoms with Crippen molar-refractivity contribution in [3.8, 4) is 0 Å². The minimum absolute atomic E-state index is 0.230. The average Bonchev–Trinajstić information content (AvgIpc) is 3.18. The first kappa shape index (κ1) is 18.7. The van der Waals surface area contributed by atoms with Crippen molar-refractivity contribution in [3.63, 3.8) is 0 Å². The Labute approximate surface area is 171 Å². The van der Waals surface area contributed by atoms with Crippen molar-refractivity contribution >= 4 is 51.8 Å². The van der Waals surface area contributed by atoms with Gasteiger partial charge in [-0.25, -0.2) is 0 Å². The number of fused-ring (bicyclic) bond motifs is 3. The number of rotatable bonds is 4. The molecular weight excluding hydrogens is 403 g/mol. The molecule has 4 rings (SSSR count). The van der Waals surface area contributed by atoms with E-state index < -0.39 is 11.9 Å². The first-order chi connectivity index (χ1) is 12.9. The van der Waals surface area contributed by atoms with Crippen molar-refractivity contribution in [2.75, 3.05) is 0 Å². The number of aryl methyl sites for hydroxylation is 1. The van der Waals surface area contributed by atoms with Gasteiger partial charge in [-0.1, -0.05) is 48.8 Å². The van der Waals surface area contributed by atoms with Crippen LogP contribution in [0.5, 0.6) is 0 Å². The molecule has 1 aliphatic rings. The highest BCUT2D eigenvalue weighted by molar-refractivity contribution is 7.99. The lowest BCUT2D eigenvalue weighted by Crippen LogP contribution is -2.08. The number of hydrogen-bond donors (Lipinski definition) is 1. The van der Waals surface area contributed by atoms with E-state index in [4.69, 9.17) is 23.2 Å². The van der Waals surface area contributed by atoms with E-state index in [0.717, 1.165) is 32.1 Å². The summed E-state index contributed by atoms with van der Waals surface area (Å²) >= 11 is 13.8. The summed E-state index contributed by atoms with van der Waals surface area (Å²) in [5.74, 6) is -1.07. The van der Waals surface area contributed by atoms with Crippen molar-refractivity contribution in [1.29, 1.82) is 0 Å². The lowest BCUT2D eigenvalue weighted by atomic mass is 10.0. The van der Waals surface area contributed by atoms with Gasteiger partial charge < -0.3 is 9.67 Å². The second kappa shape index (κ2) is 7.04. The predicted molar refractivity (Wildman–Crippen MR) is 109 cm³/mol. The van der Waals surface area contributed by atoms with Crippen LogP contribution < -0.4 is 0 Å². The fourth-order valence-corrected chi connectivity index (χ4v) is 5.31. The minimum atomic E-state index is -0.786. The lowest BCUT2D eigenvalue weighted by molar-refractivity contribution is -0.138. The summed E-state index contributed by atoms with van der Waals surface area (Å²) in [5.41, 5.74) is 2.90. The third kappa shape index (κ3) is 3.12. The molecule has 0 radical (unpaired) electrons. The average molecular weight is 421 g/mol. The molecule has 0 bridgehead atoms. The first-order valence-corrected chi connectivity index (χ1v) is 10.3. The van der Waals surface area contributed by atoms with Gasteiger partial charge in [0.2, 0.25) is 0 Å². The molecule has 0 saturated carbocycles. The molecule has 1 unspecified atom stereocenters. The number of nitrogens with zero attached hydrogens (tertiary/aromatic N) is 2. The second-order valence-corrected chi connectivity index (χ2v) is 8.87. The minimum Gasteiger partial charge on any atom is -0.481 e. The van der Waals surface area contributed by atoms with E-state index in [1.165, 1.54) is 11.8 Å². The smallest absolute Gasteiger partial charge is 0.312 e. The fourth-order valence-electron chi connectivity index (χ4n) is 3.73. The Kier molecular flexibility index (Phi) is 4.87. The van der Waals surface area contributed by atoms with Crippen LogP contribution in [0.1, 0.15) is 43.5 Å². The second-order valence-electron chi connectivity index (χ2n) is 6.97. The number of carbonyl (C=O) groups is 1. The summed E-state index contributed by atoms with van der Waals surface area (Å²) in [6, 6.07) is 7.47. The molecular formula is C20H18Cl2N2O2S. The Morgan fingerprint density at radius 2 is 2.07 bits per heavy atom. The fraction of sp³-hybridized carbons (Fsp3) is 0.300. The van der Waals surface area contributed by atoms with Crippen molar-refractivity contribution in [2.24, 2.45) is 0 Å². The van der Waals surface area contributed by atoms with E-state index in [9.17, 15) is 9.90 Å². The van der Waals surface area contributed by atoms with E-state index in [2.05, 4.69) is 23.4 Å². The third-order valence-electron chi connectivity index (χ3n) is 4.93. The Balaban J connectivity index is 1.97. The number of carboxylic acids is 1. The quantitative estimate of drug-likeness (QED) is 0.546. The molecule has 1 aromatic carbocycles. The number of aromatic nitrogens is 2. The van der Waals surface area contributed by atoms with Gasteiger partial charge >= 0.3 is 5.97 Å². The monoisotopic (exact) mass is 420 g/mol. The normalized spacial score (nSPS) is 16.3. The molecule has 1 atom stereocenters. The van der Waals surface area contributed by atoms with Gasteiger partial charge in [0, 0.05) is 33.6 Å². The largest absolute Gasteiger partial charge is 0.481 e. The van der Waals surface area contributed by atoms with Crippen LogP contribution in [-0.2, 0) is 11.3 Å². The molecule has 27 heavy (non-hydrogen) atoms. The summed E-state index contributed by atoms with van der Waals surface area (Å²) in [4.78, 5) is 18.4. The topological polar surface area (TPSA) is 55.1 Å². The maximum atomic E-state index is 11.9. The lowest BCUT2D eigenvalue weighted by Gasteiger charge is -2.11. The maximum Gasteiger partial charge on any atom is 0.312 e. The van der Waals surface area contributed by atoms with Crippen LogP contribution in [0.3, 0.4) is 0 Å². The Hall–Kier alpha value is -1.69. The molecule has 7 heteroatoms. The summed E-state index contributed by atoms with van der Waals surface area (Å²) < 4.78 is 2.14. The van der Waals surface area contributed by atoms with Crippen LogP contribution in [-0.4, -0.2) is 20.6 Å². The molecule has 0 aliphatic carbocycles. The van der Waals surface area contributed by atoms with E-state index >= 15 is 0 Å². The van der Waals surface area contributed by atoms with Gasteiger partial charge in [0.1, 0.15) is 0 Å². The van der Waals surface area contributed by atoms with Gasteiger partial charge in [-0.05, 0) is 36.6 Å². The molecule has 3 heterocycles. The van der Waals surface area contributed by atoms with Gasteiger partial charge in [0.05, 0.1) is 27.2 Å². The molecule has 0 saturated heterocycles. The first-order valence-electron chi connectivity index (χ1n) is 8.75. The van der Waals surface area contributed by atoms with Crippen molar-refractivity contribution in [1.82, 2.24) is 9.55 Å². The highest BCUT2D eigenvalue weighted by atomic mass is 35.5. The zero-order valence-electron chi connectivity index (χ0n) is 14.9. The zero-order valence-corrected chi connectivity index (χ0v) is 17.2. The Morgan fingerprint density at radius 1 is 1.30 bits per heavy atom. The standard InChI is InChI=1S/C20H18Cl2N2O2S/c1-10(2)17-16-15(5-7-23-17)24-8-6-12(20(25)26)18(24)19(16)27-11-3-4-13(21)14(22)9-11/h3-5,7,9-10,12H,6,8H2,1-2H3,(H,25,26). The number of benzene rings is 1. The highest BCUT2D eigenvalue weighted by Crippen LogP contribution is 2.47. The van der Waals surface area contributed by atoms with Crippen LogP contribution in [0.4, 0.5) is 0 Å². The van der Waals surface area contributed by atoms with Crippen LogP contribution in [0.25, 0.3) is 10.9 Å². The van der Waals surface area contributed by atoms with Crippen molar-refractivity contribution in [2.45, 2.75) is 48.4 Å². The third-order valence-corrected chi connectivity index (χ3v) is 6.77. The van der Waals surface area contributed by atoms with E-state index in [1.807, 2.05) is 24.4 Å². The van der Waals surface area contributed by atoms with Gasteiger partial charge in [0.25, 0.3) is 0 Å². The van der Waals surface area contributed by atoms with E-state index in [1.54, 1.807) is 6.07 Å². The van der Waals surface area contributed by atoms with Gasteiger partial charge in [0.15, 0.2) is 0 Å². The molecule has 1 N–H and O–H groups in total. The summed E-state index contributed by atoms with van der Waals surface area (Å²) in [7, 11) is 0. The van der Waals surface area contributed by atoms with Crippen molar-refractivity contribution in [3.05, 3.63) is 51.9 Å². The summed E-state index contributed by atoms with van der Waals surface area (Å²) in [6.45, 7) is 4.91. The van der Waals surface area contributed by atoms with Crippen LogP contribution in [0.2, 0.25) is 10.0 Å². The molecule has 2 aromatic heterocycles. The van der Waals surface area contributed by atoms with Crippen molar-refractivity contribution < 1.29 is 9.90 Å². The van der Waals surface area contributed by atoms with Gasteiger partial charge in [-0.15, -0.1) is 0 Å². The van der Waals surface area contributed by atoms with E-state index in [-0.39, 0.29) is 5.92 Å². The highest BCUT2D eigenvalue weighted by Gasteiger charge is 2.35.